The number of benzene rings is 5. The van der Waals surface area contributed by atoms with E-state index in [0.29, 0.717) is 67.9 Å². The number of sulfone groups is 1. The number of likely N-dealkylation sites (tertiary alicyclic amines) is 1. The third-order valence-corrected chi connectivity index (χ3v) is 22.1. The number of carbonyl (C=O) groups is 4. The van der Waals surface area contributed by atoms with Crippen LogP contribution in [0.1, 0.15) is 103 Å². The van der Waals surface area contributed by atoms with Crippen LogP contribution in [-0.2, 0) is 42.5 Å². The summed E-state index contributed by atoms with van der Waals surface area (Å²) in [5.41, 5.74) is -0.218. The lowest BCUT2D eigenvalue weighted by Gasteiger charge is -2.41. The molecule has 5 aromatic carbocycles. The molecule has 24 heteroatoms. The smallest absolute Gasteiger partial charge is 0.380 e. The van der Waals surface area contributed by atoms with Crippen LogP contribution in [0.5, 0.6) is 0 Å². The molecule has 0 saturated carbocycles. The zero-order valence-corrected chi connectivity index (χ0v) is 51.5. The van der Waals surface area contributed by atoms with E-state index in [4.69, 9.17) is 11.6 Å². The van der Waals surface area contributed by atoms with Gasteiger partial charge in [0.15, 0.2) is 0 Å². The summed E-state index contributed by atoms with van der Waals surface area (Å²) in [6.07, 6.45) is 5.37. The van der Waals surface area contributed by atoms with Crippen LogP contribution in [0.2, 0.25) is 5.02 Å². The summed E-state index contributed by atoms with van der Waals surface area (Å²) >= 11 is 7.63. The number of sulfonamides is 1. The van der Waals surface area contributed by atoms with E-state index in [0.717, 1.165) is 74.5 Å². The summed E-state index contributed by atoms with van der Waals surface area (Å²) in [6.45, 7) is 10.6. The fourth-order valence-corrected chi connectivity index (χ4v) is 16.3. The number of anilines is 2. The predicted octanol–water partition coefficient (Wildman–Crippen LogP) is 9.75. The van der Waals surface area contributed by atoms with Crippen molar-refractivity contribution >= 4 is 83.8 Å². The van der Waals surface area contributed by atoms with Crippen LogP contribution < -0.4 is 20.3 Å². The Kier molecular flexibility index (Phi) is 18.1. The Balaban J connectivity index is 0.736. The number of nitrogens with one attached hydrogen (secondary N) is 3. The molecule has 87 heavy (non-hydrogen) atoms. The van der Waals surface area contributed by atoms with Gasteiger partial charge in [0.25, 0.3) is 31.7 Å². The number of halogens is 5. The van der Waals surface area contributed by atoms with Gasteiger partial charge in [-0.1, -0.05) is 67.4 Å². The number of fused-ring (bicyclic) bond motifs is 3. The number of allylic oxidation sites excluding steroid dienone is 1. The second-order valence-electron chi connectivity index (χ2n) is 24.4. The van der Waals surface area contributed by atoms with Crippen LogP contribution >= 0.6 is 23.4 Å². The van der Waals surface area contributed by atoms with Crippen LogP contribution in [0.3, 0.4) is 0 Å². The summed E-state index contributed by atoms with van der Waals surface area (Å²) in [7, 11) is -11.1. The summed E-state index contributed by atoms with van der Waals surface area (Å²) in [6, 6.07) is 27.8. The van der Waals surface area contributed by atoms with E-state index in [1.165, 1.54) is 51.6 Å². The van der Waals surface area contributed by atoms with Gasteiger partial charge in [0, 0.05) is 117 Å². The first-order chi connectivity index (χ1) is 41.4. The number of amides is 4. The lowest BCUT2D eigenvalue weighted by molar-refractivity contribution is -0.136. The SMILES string of the molecule is CC1(C)CCC(c2ccc(Cl)cc2)=C(CN2CCN(c3ccc(C(=O)NS(=O)(=O)c4ccc(N[C@H](CCN5CC6CCC(C5)N6Cc5cc(F)c6c(c5)CN(C5CCC(=O)NC5=O)C6=O)CSc5ccccc5)c(S(=O)(=O)C(F)(F)F)c4)cc3)CC2)C1. The van der Waals surface area contributed by atoms with Crippen molar-refractivity contribution in [2.24, 2.45) is 5.41 Å². The number of imide groups is 1. The van der Waals surface area contributed by atoms with E-state index in [1.807, 2.05) is 47.2 Å². The minimum absolute atomic E-state index is 0.0352. The van der Waals surface area contributed by atoms with Crippen molar-refractivity contribution in [2.45, 2.75) is 123 Å². The van der Waals surface area contributed by atoms with Gasteiger partial charge >= 0.3 is 5.51 Å². The minimum Gasteiger partial charge on any atom is -0.380 e. The molecule has 4 saturated heterocycles. The number of piperidine rings is 1. The van der Waals surface area contributed by atoms with Crippen LogP contribution in [0, 0.1) is 11.2 Å². The maximum Gasteiger partial charge on any atom is 0.501 e. The van der Waals surface area contributed by atoms with E-state index in [-0.39, 0.29) is 53.8 Å². The molecule has 3 unspecified atom stereocenters. The Hall–Kier alpha value is -6.34. The van der Waals surface area contributed by atoms with Gasteiger partial charge in [-0.3, -0.25) is 34.3 Å². The molecule has 2 bridgehead atoms. The second kappa shape index (κ2) is 25.3. The van der Waals surface area contributed by atoms with E-state index >= 15 is 4.39 Å². The molecule has 0 aromatic heterocycles. The Morgan fingerprint density at radius 3 is 2.21 bits per heavy atom. The van der Waals surface area contributed by atoms with E-state index in [2.05, 4.69) is 56.2 Å². The van der Waals surface area contributed by atoms with Gasteiger partial charge in [-0.15, -0.1) is 11.8 Å². The number of nitrogens with zero attached hydrogens (tertiary/aromatic N) is 5. The summed E-state index contributed by atoms with van der Waals surface area (Å²) in [5, 5.41) is 6.02. The molecule has 11 rings (SSSR count). The van der Waals surface area contributed by atoms with Gasteiger partial charge in [-0.05, 0) is 145 Å². The molecule has 16 nitrogen and oxygen atoms in total. The normalized spacial score (nSPS) is 21.7. The molecular weight excluding hydrogens is 1200 g/mol. The van der Waals surface area contributed by atoms with E-state index in [1.54, 1.807) is 18.2 Å². The van der Waals surface area contributed by atoms with Crippen molar-refractivity contribution in [1.82, 2.24) is 29.6 Å². The van der Waals surface area contributed by atoms with Gasteiger partial charge in [0.1, 0.15) is 16.8 Å². The maximum atomic E-state index is 15.7. The molecule has 1 aliphatic carbocycles. The zero-order chi connectivity index (χ0) is 61.6. The summed E-state index contributed by atoms with van der Waals surface area (Å²) in [4.78, 5) is 60.5. The number of thioether (sulfide) groups is 1. The Bertz CT molecular complexity index is 3710. The average Bonchev–Trinajstić information content (AvgIpc) is 2.02. The van der Waals surface area contributed by atoms with Crippen molar-refractivity contribution in [1.29, 1.82) is 0 Å². The van der Waals surface area contributed by atoms with Crippen LogP contribution in [-0.4, -0.2) is 148 Å². The number of hydrogen-bond acceptors (Lipinski definition) is 14. The maximum absolute atomic E-state index is 15.7. The van der Waals surface area contributed by atoms with Crippen molar-refractivity contribution in [3.8, 4) is 0 Å². The Morgan fingerprint density at radius 2 is 1.53 bits per heavy atom. The fraction of sp³-hybridized carbons (Fsp3) is 0.429. The van der Waals surface area contributed by atoms with Crippen molar-refractivity contribution in [3.05, 3.63) is 153 Å². The average molecular weight is 1270 g/mol. The molecule has 5 heterocycles. The van der Waals surface area contributed by atoms with Gasteiger partial charge in [-0.2, -0.15) is 13.2 Å². The van der Waals surface area contributed by atoms with Crippen molar-refractivity contribution in [3.63, 3.8) is 0 Å². The largest absolute Gasteiger partial charge is 0.501 e. The number of carbonyl (C=O) groups excluding carboxylic acids is 4. The van der Waals surface area contributed by atoms with E-state index < -0.39 is 82.4 Å². The molecule has 4 fully saturated rings. The van der Waals surface area contributed by atoms with Crippen molar-refractivity contribution < 1.29 is 53.6 Å². The lowest BCUT2D eigenvalue weighted by Crippen LogP contribution is -2.53. The highest BCUT2D eigenvalue weighted by Crippen LogP contribution is 2.44. The standard InChI is InChI=1S/C63H69ClF4N8O8S3/c1-62(2)24-22-52(41-8-12-45(64)13-9-41)44(33-62)35-72-26-28-74(29-27-72)47-14-10-42(11-15-47)59(78)71-87(83,84)51-18-19-54(56(32-51)86(81,82)63(66,67)68)69-46(39-85-50-6-4-3-5-7-50)23-25-73-37-48-16-17-49(38-73)75(48)34-40-30-43-36-76(61(80)58(43)53(65)31-40)55-20-21-57(77)70-60(55)79/h3-15,18-19,30-32,46,48-49,55,69H,16-17,20-29,33-39H2,1-2H3,(H,71,78)(H,70,77,79)/t46-,48?,49?,55?/m1/s1. The Morgan fingerprint density at radius 1 is 0.828 bits per heavy atom. The molecule has 4 atom stereocenters. The van der Waals surface area contributed by atoms with Crippen LogP contribution in [0.15, 0.2) is 129 Å². The van der Waals surface area contributed by atoms with Gasteiger partial charge in [-0.25, -0.2) is 25.9 Å². The molecule has 6 aliphatic rings. The monoisotopic (exact) mass is 1270 g/mol. The summed E-state index contributed by atoms with van der Waals surface area (Å²) in [5.74, 6) is -3.04. The second-order valence-corrected chi connectivity index (χ2v) is 29.5. The third kappa shape index (κ3) is 13.9. The first-order valence-corrected chi connectivity index (χ1v) is 33.7. The molecule has 5 aliphatic heterocycles. The number of rotatable bonds is 19. The van der Waals surface area contributed by atoms with Crippen molar-refractivity contribution in [2.75, 3.05) is 68.3 Å². The Labute approximate surface area is 514 Å². The highest BCUT2D eigenvalue weighted by Gasteiger charge is 2.49. The highest BCUT2D eigenvalue weighted by molar-refractivity contribution is 7.99. The molecule has 0 spiro atoms. The van der Waals surface area contributed by atoms with Gasteiger partial charge in [0.2, 0.25) is 11.8 Å². The van der Waals surface area contributed by atoms with E-state index in [9.17, 15) is 49.2 Å². The highest BCUT2D eigenvalue weighted by atomic mass is 35.5. The molecule has 3 N–H and O–H groups in total. The predicted molar refractivity (Wildman–Crippen MR) is 326 cm³/mol. The third-order valence-electron chi connectivity index (χ3n) is 17.8. The molecule has 0 radical (unpaired) electrons. The molecule has 5 aromatic rings. The van der Waals surface area contributed by atoms with Gasteiger partial charge < -0.3 is 20.0 Å². The first-order valence-electron chi connectivity index (χ1n) is 29.3. The molecule has 4 amide bonds. The lowest BCUT2D eigenvalue weighted by atomic mass is 9.73. The topological polar surface area (TPSA) is 189 Å². The zero-order valence-electron chi connectivity index (χ0n) is 48.3. The van der Waals surface area contributed by atoms with Crippen LogP contribution in [0.4, 0.5) is 28.9 Å². The minimum atomic E-state index is -6.17. The number of hydrogen-bond donors (Lipinski definition) is 3. The van der Waals surface area contributed by atoms with Crippen LogP contribution in [0.25, 0.3) is 5.57 Å². The molecule has 462 valence electrons. The quantitative estimate of drug-likeness (QED) is 0.0403. The number of piperazine rings is 2. The fourth-order valence-electron chi connectivity index (χ4n) is 13.2. The van der Waals surface area contributed by atoms with Gasteiger partial charge in [0.05, 0.1) is 16.1 Å². The molecular formula is C63H69ClF4N8O8S3. The number of alkyl halides is 3. The first kappa shape index (κ1) is 62.3. The summed E-state index contributed by atoms with van der Waals surface area (Å²) < 4.78 is 116.